The number of hydrogen-bond donors (Lipinski definition) is 2. The van der Waals surface area contributed by atoms with Crippen molar-refractivity contribution in [1.29, 1.82) is 0 Å². The van der Waals surface area contributed by atoms with Gasteiger partial charge < -0.3 is 24.8 Å². The Hall–Kier alpha value is -2.23. The van der Waals surface area contributed by atoms with Crippen molar-refractivity contribution in [3.63, 3.8) is 0 Å². The highest BCUT2D eigenvalue weighted by molar-refractivity contribution is 14.0. The van der Waals surface area contributed by atoms with Crippen LogP contribution in [0.2, 0.25) is 0 Å². The fraction of sp³-hybridized carbons (Fsp3) is 0.381. The highest BCUT2D eigenvalue weighted by atomic mass is 127. The second-order valence-corrected chi connectivity index (χ2v) is 6.32. The van der Waals surface area contributed by atoms with Crippen LogP contribution in [0.5, 0.6) is 17.2 Å². The highest BCUT2D eigenvalue weighted by Gasteiger charge is 2.12. The van der Waals surface area contributed by atoms with E-state index in [4.69, 9.17) is 14.2 Å². The van der Waals surface area contributed by atoms with Gasteiger partial charge in [-0.05, 0) is 55.8 Å². The number of ether oxygens (including phenoxy) is 3. The lowest BCUT2D eigenvalue weighted by Crippen LogP contribution is -2.42. The highest BCUT2D eigenvalue weighted by Crippen LogP contribution is 2.21. The first kappa shape index (κ1) is 24.8. The van der Waals surface area contributed by atoms with Crippen LogP contribution in [0.4, 0.5) is 4.39 Å². The molecule has 0 spiro atoms. The largest absolute Gasteiger partial charge is 0.497 e. The molecule has 2 N–H and O–H groups in total. The second-order valence-electron chi connectivity index (χ2n) is 6.32. The number of nitrogens with zero attached hydrogens (tertiary/aromatic N) is 1. The molecule has 2 aromatic rings. The van der Waals surface area contributed by atoms with Crippen molar-refractivity contribution >= 4 is 29.9 Å². The molecule has 0 heterocycles. The van der Waals surface area contributed by atoms with Crippen molar-refractivity contribution in [3.05, 3.63) is 53.8 Å². The van der Waals surface area contributed by atoms with Gasteiger partial charge in [0.25, 0.3) is 0 Å². The van der Waals surface area contributed by atoms with Crippen LogP contribution in [0.25, 0.3) is 0 Å². The van der Waals surface area contributed by atoms with Gasteiger partial charge in [-0.25, -0.2) is 4.39 Å². The van der Waals surface area contributed by atoms with Crippen molar-refractivity contribution < 1.29 is 18.6 Å². The zero-order valence-electron chi connectivity index (χ0n) is 17.4. The number of halogens is 2. The molecule has 0 saturated heterocycles. The van der Waals surface area contributed by atoms with Gasteiger partial charge in [0.05, 0.1) is 26.8 Å². The zero-order valence-corrected chi connectivity index (χ0v) is 19.7. The van der Waals surface area contributed by atoms with Crippen LogP contribution < -0.4 is 24.8 Å². The molecule has 0 aliphatic carbocycles. The number of hydrogen-bond acceptors (Lipinski definition) is 4. The van der Waals surface area contributed by atoms with Crippen molar-refractivity contribution in [2.75, 3.05) is 27.8 Å². The molecule has 160 valence electrons. The summed E-state index contributed by atoms with van der Waals surface area (Å²) in [6.07, 6.45) is -0.0827. The predicted molar refractivity (Wildman–Crippen MR) is 124 cm³/mol. The van der Waals surface area contributed by atoms with Crippen molar-refractivity contribution in [2.45, 2.75) is 26.0 Å². The molecular formula is C21H29FIN3O3. The first-order valence-electron chi connectivity index (χ1n) is 9.08. The zero-order chi connectivity index (χ0) is 20.5. The maximum atomic E-state index is 13.9. The van der Waals surface area contributed by atoms with Crippen molar-refractivity contribution in [1.82, 2.24) is 10.6 Å². The lowest BCUT2D eigenvalue weighted by molar-refractivity contribution is 0.223. The fourth-order valence-corrected chi connectivity index (χ4v) is 2.60. The van der Waals surface area contributed by atoms with Gasteiger partial charge in [-0.2, -0.15) is 0 Å². The molecule has 2 aromatic carbocycles. The minimum Gasteiger partial charge on any atom is -0.497 e. The third-order valence-corrected chi connectivity index (χ3v) is 4.21. The predicted octanol–water partition coefficient (Wildman–Crippen LogP) is 4.15. The van der Waals surface area contributed by atoms with E-state index in [1.165, 1.54) is 13.2 Å². The first-order valence-corrected chi connectivity index (χ1v) is 9.08. The van der Waals surface area contributed by atoms with Crippen molar-refractivity contribution in [2.24, 2.45) is 4.99 Å². The van der Waals surface area contributed by atoms with Gasteiger partial charge in [-0.1, -0.05) is 6.07 Å². The Bertz CT molecular complexity index is 787. The molecule has 0 radical (unpaired) electrons. The van der Waals surface area contributed by atoms with Crippen LogP contribution in [0.15, 0.2) is 47.5 Å². The van der Waals surface area contributed by atoms with Gasteiger partial charge in [0, 0.05) is 7.05 Å². The smallest absolute Gasteiger partial charge is 0.191 e. The Morgan fingerprint density at radius 1 is 1.03 bits per heavy atom. The monoisotopic (exact) mass is 517 g/mol. The first-order chi connectivity index (χ1) is 13.5. The number of benzene rings is 2. The Balaban J connectivity index is 0.00000420. The molecule has 0 aliphatic rings. The van der Waals surface area contributed by atoms with E-state index in [1.54, 1.807) is 20.2 Å². The van der Waals surface area contributed by atoms with Gasteiger partial charge in [-0.15, -0.1) is 24.0 Å². The number of guanidine groups is 1. The van der Waals surface area contributed by atoms with Gasteiger partial charge in [0.2, 0.25) is 0 Å². The van der Waals surface area contributed by atoms with E-state index >= 15 is 0 Å². The van der Waals surface area contributed by atoms with Gasteiger partial charge in [-0.3, -0.25) is 4.99 Å². The molecule has 0 bridgehead atoms. The molecule has 2 unspecified atom stereocenters. The van der Waals surface area contributed by atoms with Gasteiger partial charge in [0.15, 0.2) is 17.5 Å². The molecule has 8 heteroatoms. The van der Waals surface area contributed by atoms with Crippen LogP contribution in [-0.2, 0) is 0 Å². The molecule has 2 rings (SSSR count). The van der Waals surface area contributed by atoms with E-state index in [0.29, 0.717) is 12.5 Å². The normalized spacial score (nSPS) is 13.0. The second kappa shape index (κ2) is 12.4. The SMILES string of the molecule is CN=C(NCC(C)Oc1ccc(OC)cc1)NC(C)c1ccc(OC)c(F)c1.I. The third kappa shape index (κ3) is 7.60. The Morgan fingerprint density at radius 2 is 1.69 bits per heavy atom. The van der Waals surface area contributed by atoms with Gasteiger partial charge in [0.1, 0.15) is 17.6 Å². The van der Waals surface area contributed by atoms with Crippen LogP contribution >= 0.6 is 24.0 Å². The maximum absolute atomic E-state index is 13.9. The maximum Gasteiger partial charge on any atom is 0.191 e. The van der Waals surface area contributed by atoms with Crippen molar-refractivity contribution in [3.8, 4) is 17.2 Å². The van der Waals surface area contributed by atoms with E-state index in [-0.39, 0.29) is 41.9 Å². The quantitative estimate of drug-likeness (QED) is 0.313. The number of aliphatic imine (C=N–C) groups is 1. The summed E-state index contributed by atoms with van der Waals surface area (Å²) in [5.41, 5.74) is 0.795. The van der Waals surface area contributed by atoms with Gasteiger partial charge >= 0.3 is 0 Å². The Kier molecular flexibility index (Phi) is 10.6. The minimum atomic E-state index is -0.391. The summed E-state index contributed by atoms with van der Waals surface area (Å²) >= 11 is 0. The summed E-state index contributed by atoms with van der Waals surface area (Å²) in [4.78, 5) is 4.22. The molecule has 29 heavy (non-hydrogen) atoms. The van der Waals surface area contributed by atoms with E-state index in [1.807, 2.05) is 44.2 Å². The lowest BCUT2D eigenvalue weighted by atomic mass is 10.1. The molecule has 2 atom stereocenters. The van der Waals surface area contributed by atoms with E-state index in [2.05, 4.69) is 15.6 Å². The number of rotatable bonds is 8. The minimum absolute atomic E-state index is 0. The third-order valence-electron chi connectivity index (χ3n) is 4.21. The molecular weight excluding hydrogens is 488 g/mol. The standard InChI is InChI=1S/C21H28FN3O3.HI/c1-14(28-18-9-7-17(26-4)8-10-18)13-24-21(23-3)25-15(2)16-6-11-20(27-5)19(22)12-16;/h6-12,14-15H,13H2,1-5H3,(H2,23,24,25);1H. The lowest BCUT2D eigenvalue weighted by Gasteiger charge is -2.21. The fourth-order valence-electron chi connectivity index (χ4n) is 2.60. The van der Waals surface area contributed by atoms with E-state index in [9.17, 15) is 4.39 Å². The number of nitrogens with one attached hydrogen (secondary N) is 2. The van der Waals surface area contributed by atoms with Crippen LogP contribution in [-0.4, -0.2) is 39.9 Å². The number of methoxy groups -OCH3 is 2. The van der Waals surface area contributed by atoms with Crippen LogP contribution in [0.1, 0.15) is 25.5 Å². The Labute approximate surface area is 188 Å². The Morgan fingerprint density at radius 3 is 2.24 bits per heavy atom. The molecule has 6 nitrogen and oxygen atoms in total. The van der Waals surface area contributed by atoms with Crippen LogP contribution in [0, 0.1) is 5.82 Å². The summed E-state index contributed by atoms with van der Waals surface area (Å²) < 4.78 is 29.9. The average molecular weight is 517 g/mol. The topological polar surface area (TPSA) is 64.1 Å². The molecule has 0 fully saturated rings. The van der Waals surface area contributed by atoms with E-state index in [0.717, 1.165) is 17.1 Å². The summed E-state index contributed by atoms with van der Waals surface area (Å²) in [6.45, 7) is 4.45. The summed E-state index contributed by atoms with van der Waals surface area (Å²) in [6, 6.07) is 12.2. The molecule has 0 aromatic heterocycles. The summed E-state index contributed by atoms with van der Waals surface area (Å²) in [5.74, 6) is 1.99. The molecule has 0 amide bonds. The molecule has 0 aliphatic heterocycles. The summed E-state index contributed by atoms with van der Waals surface area (Å²) in [7, 11) is 4.76. The summed E-state index contributed by atoms with van der Waals surface area (Å²) in [5, 5.41) is 6.46. The van der Waals surface area contributed by atoms with E-state index < -0.39 is 5.82 Å². The average Bonchev–Trinajstić information content (AvgIpc) is 2.71. The molecule has 0 saturated carbocycles. The van der Waals surface area contributed by atoms with Crippen LogP contribution in [0.3, 0.4) is 0 Å².